The molecule has 2 rings (SSSR count). The van der Waals surface area contributed by atoms with Crippen molar-refractivity contribution in [2.45, 2.75) is 6.61 Å². The number of anilines is 1. The average Bonchev–Trinajstić information content (AvgIpc) is 2.33. The number of hydrogen-bond acceptors (Lipinski definition) is 2. The first kappa shape index (κ1) is 11.9. The van der Waals surface area contributed by atoms with Gasteiger partial charge in [0.15, 0.2) is 5.82 Å². The highest BCUT2D eigenvalue weighted by Gasteiger charge is 2.06. The van der Waals surface area contributed by atoms with Crippen molar-refractivity contribution >= 4 is 21.6 Å². The molecule has 0 fully saturated rings. The molecule has 17 heavy (non-hydrogen) atoms. The van der Waals surface area contributed by atoms with E-state index in [2.05, 4.69) is 15.9 Å². The Kier molecular flexibility index (Phi) is 3.64. The summed E-state index contributed by atoms with van der Waals surface area (Å²) in [6, 6.07) is 12.3. The van der Waals surface area contributed by atoms with E-state index >= 15 is 0 Å². The molecule has 0 aliphatic heterocycles. The Balaban J connectivity index is 2.13. The molecule has 0 aliphatic carbocycles. The molecular formula is C13H11BrFNO. The number of nitrogen functional groups attached to an aromatic ring is 1. The maximum absolute atomic E-state index is 13.6. The van der Waals surface area contributed by atoms with Gasteiger partial charge in [-0.3, -0.25) is 0 Å². The fraction of sp³-hybridized carbons (Fsp3) is 0.0769. The number of para-hydroxylation sites is 1. The Labute approximate surface area is 107 Å². The van der Waals surface area contributed by atoms with Crippen LogP contribution in [-0.4, -0.2) is 0 Å². The molecule has 0 aromatic heterocycles. The first-order valence-corrected chi connectivity index (χ1v) is 5.88. The Morgan fingerprint density at radius 2 is 1.88 bits per heavy atom. The highest BCUT2D eigenvalue weighted by molar-refractivity contribution is 9.10. The molecule has 2 aromatic carbocycles. The third-order valence-corrected chi connectivity index (χ3v) is 2.98. The van der Waals surface area contributed by atoms with Gasteiger partial charge in [0.2, 0.25) is 0 Å². The van der Waals surface area contributed by atoms with E-state index in [4.69, 9.17) is 10.5 Å². The number of benzene rings is 2. The SMILES string of the molecule is Nc1cccc(COc2ccccc2Br)c1F. The van der Waals surface area contributed by atoms with Crippen LogP contribution in [-0.2, 0) is 6.61 Å². The predicted molar refractivity (Wildman–Crippen MR) is 69.3 cm³/mol. The zero-order chi connectivity index (χ0) is 12.3. The van der Waals surface area contributed by atoms with E-state index in [1.54, 1.807) is 12.1 Å². The summed E-state index contributed by atoms with van der Waals surface area (Å²) < 4.78 is 19.9. The molecule has 0 spiro atoms. The lowest BCUT2D eigenvalue weighted by molar-refractivity contribution is 0.298. The minimum absolute atomic E-state index is 0.137. The summed E-state index contributed by atoms with van der Waals surface area (Å²) in [6.45, 7) is 0.152. The van der Waals surface area contributed by atoms with E-state index in [0.29, 0.717) is 11.3 Å². The molecule has 88 valence electrons. The minimum Gasteiger partial charge on any atom is -0.488 e. The van der Waals surface area contributed by atoms with Crippen molar-refractivity contribution in [3.8, 4) is 5.75 Å². The quantitative estimate of drug-likeness (QED) is 0.875. The van der Waals surface area contributed by atoms with Crippen molar-refractivity contribution in [1.82, 2.24) is 0 Å². The molecule has 0 amide bonds. The van der Waals surface area contributed by atoms with Gasteiger partial charge in [-0.25, -0.2) is 4.39 Å². The molecular weight excluding hydrogens is 285 g/mol. The molecule has 0 atom stereocenters. The molecule has 0 bridgehead atoms. The fourth-order valence-corrected chi connectivity index (χ4v) is 1.83. The van der Waals surface area contributed by atoms with Crippen molar-refractivity contribution in [1.29, 1.82) is 0 Å². The topological polar surface area (TPSA) is 35.2 Å². The lowest BCUT2D eigenvalue weighted by Gasteiger charge is -2.09. The van der Waals surface area contributed by atoms with Gasteiger partial charge in [0.05, 0.1) is 10.2 Å². The van der Waals surface area contributed by atoms with Crippen molar-refractivity contribution in [2.24, 2.45) is 0 Å². The summed E-state index contributed by atoms with van der Waals surface area (Å²) in [5, 5.41) is 0. The second-order valence-corrected chi connectivity index (χ2v) is 4.39. The van der Waals surface area contributed by atoms with Crippen LogP contribution in [0.1, 0.15) is 5.56 Å². The lowest BCUT2D eigenvalue weighted by Crippen LogP contribution is -2.01. The first-order valence-electron chi connectivity index (χ1n) is 5.08. The molecule has 0 unspecified atom stereocenters. The summed E-state index contributed by atoms with van der Waals surface area (Å²) in [5.41, 5.74) is 6.06. The molecule has 0 radical (unpaired) electrons. The highest BCUT2D eigenvalue weighted by Crippen LogP contribution is 2.25. The van der Waals surface area contributed by atoms with E-state index in [9.17, 15) is 4.39 Å². The second-order valence-electron chi connectivity index (χ2n) is 3.54. The molecule has 0 saturated heterocycles. The summed E-state index contributed by atoms with van der Waals surface area (Å²) in [7, 11) is 0. The molecule has 2 aromatic rings. The molecule has 2 nitrogen and oxygen atoms in total. The van der Waals surface area contributed by atoms with Crippen LogP contribution in [0.15, 0.2) is 46.9 Å². The monoisotopic (exact) mass is 295 g/mol. The van der Waals surface area contributed by atoms with Crippen molar-refractivity contribution in [3.05, 3.63) is 58.3 Å². The van der Waals surface area contributed by atoms with Crippen LogP contribution in [0.2, 0.25) is 0 Å². The van der Waals surface area contributed by atoms with Crippen LogP contribution in [0.25, 0.3) is 0 Å². The fourth-order valence-electron chi connectivity index (χ4n) is 1.43. The second kappa shape index (κ2) is 5.19. The Hall–Kier alpha value is -1.55. The van der Waals surface area contributed by atoms with Gasteiger partial charge in [-0.15, -0.1) is 0 Å². The van der Waals surface area contributed by atoms with Gasteiger partial charge in [-0.05, 0) is 34.1 Å². The van der Waals surface area contributed by atoms with E-state index in [-0.39, 0.29) is 12.3 Å². The maximum Gasteiger partial charge on any atom is 0.152 e. The van der Waals surface area contributed by atoms with Crippen LogP contribution in [0.5, 0.6) is 5.75 Å². The van der Waals surface area contributed by atoms with E-state index < -0.39 is 5.82 Å². The van der Waals surface area contributed by atoms with Crippen LogP contribution < -0.4 is 10.5 Å². The predicted octanol–water partition coefficient (Wildman–Crippen LogP) is 3.75. The maximum atomic E-state index is 13.6. The van der Waals surface area contributed by atoms with Gasteiger partial charge in [-0.1, -0.05) is 24.3 Å². The number of nitrogens with two attached hydrogens (primary N) is 1. The standard InChI is InChI=1S/C13H11BrFNO/c14-10-5-1-2-7-12(10)17-8-9-4-3-6-11(16)13(9)15/h1-7H,8,16H2. The Morgan fingerprint density at radius 3 is 2.65 bits per heavy atom. The summed E-state index contributed by atoms with van der Waals surface area (Å²) in [6.07, 6.45) is 0. The Morgan fingerprint density at radius 1 is 1.12 bits per heavy atom. The number of rotatable bonds is 3. The molecule has 0 heterocycles. The Bertz CT molecular complexity index is 531. The molecule has 0 saturated carbocycles. The van der Waals surface area contributed by atoms with Gasteiger partial charge < -0.3 is 10.5 Å². The zero-order valence-electron chi connectivity index (χ0n) is 8.99. The summed E-state index contributed by atoms with van der Waals surface area (Å²) >= 11 is 3.36. The van der Waals surface area contributed by atoms with Gasteiger partial charge in [0.1, 0.15) is 12.4 Å². The zero-order valence-corrected chi connectivity index (χ0v) is 10.6. The summed E-state index contributed by atoms with van der Waals surface area (Å²) in [4.78, 5) is 0. The van der Waals surface area contributed by atoms with E-state index in [1.165, 1.54) is 6.07 Å². The summed E-state index contributed by atoms with van der Waals surface area (Å²) in [5.74, 6) is 0.258. The van der Waals surface area contributed by atoms with E-state index in [1.807, 2.05) is 24.3 Å². The van der Waals surface area contributed by atoms with Crippen LogP contribution >= 0.6 is 15.9 Å². The average molecular weight is 296 g/mol. The van der Waals surface area contributed by atoms with Crippen molar-refractivity contribution in [2.75, 3.05) is 5.73 Å². The third kappa shape index (κ3) is 2.77. The molecule has 2 N–H and O–H groups in total. The number of ether oxygens (including phenoxy) is 1. The van der Waals surface area contributed by atoms with Gasteiger partial charge in [-0.2, -0.15) is 0 Å². The van der Waals surface area contributed by atoms with Crippen molar-refractivity contribution in [3.63, 3.8) is 0 Å². The first-order chi connectivity index (χ1) is 8.18. The lowest BCUT2D eigenvalue weighted by atomic mass is 10.2. The number of hydrogen-bond donors (Lipinski definition) is 1. The molecule has 4 heteroatoms. The van der Waals surface area contributed by atoms with Crippen LogP contribution in [0.3, 0.4) is 0 Å². The third-order valence-electron chi connectivity index (χ3n) is 2.33. The van der Waals surface area contributed by atoms with E-state index in [0.717, 1.165) is 4.47 Å². The van der Waals surface area contributed by atoms with Gasteiger partial charge in [0, 0.05) is 5.56 Å². The minimum atomic E-state index is -0.417. The highest BCUT2D eigenvalue weighted by atomic mass is 79.9. The van der Waals surface area contributed by atoms with Crippen LogP contribution in [0, 0.1) is 5.82 Å². The largest absolute Gasteiger partial charge is 0.488 e. The van der Waals surface area contributed by atoms with Crippen LogP contribution in [0.4, 0.5) is 10.1 Å². The smallest absolute Gasteiger partial charge is 0.152 e. The normalized spacial score (nSPS) is 10.2. The number of halogens is 2. The van der Waals surface area contributed by atoms with Gasteiger partial charge in [0.25, 0.3) is 0 Å². The van der Waals surface area contributed by atoms with Gasteiger partial charge >= 0.3 is 0 Å². The molecule has 0 aliphatic rings. The van der Waals surface area contributed by atoms with Crippen molar-refractivity contribution < 1.29 is 9.13 Å².